The molecule has 2 aromatic carbocycles. The second kappa shape index (κ2) is 7.65. The number of amides is 1. The molecule has 0 fully saturated rings. The van der Waals surface area contributed by atoms with Crippen LogP contribution < -0.4 is 9.62 Å². The number of nitrogens with one attached hydrogen (secondary N) is 1. The Morgan fingerprint density at radius 3 is 2.67 bits per heavy atom. The van der Waals surface area contributed by atoms with Crippen molar-refractivity contribution in [1.82, 2.24) is 4.57 Å². The summed E-state index contributed by atoms with van der Waals surface area (Å²) in [4.78, 5) is 13.1. The highest BCUT2D eigenvalue weighted by Gasteiger charge is 2.32. The van der Waals surface area contributed by atoms with Crippen molar-refractivity contribution in [2.75, 3.05) is 16.2 Å². The van der Waals surface area contributed by atoms with Crippen molar-refractivity contribution in [3.63, 3.8) is 0 Å². The highest BCUT2D eigenvalue weighted by Crippen LogP contribution is 2.33. The molecule has 156 valence electrons. The van der Waals surface area contributed by atoms with Crippen molar-refractivity contribution in [2.24, 2.45) is 7.05 Å². The van der Waals surface area contributed by atoms with Gasteiger partial charge in [-0.05, 0) is 48.6 Å². The lowest BCUT2D eigenvalue weighted by Crippen LogP contribution is -2.28. The molecule has 1 aliphatic heterocycles. The number of fused-ring (bicyclic) bond motifs is 1. The predicted octanol–water partition coefficient (Wildman–Crippen LogP) is 3.90. The van der Waals surface area contributed by atoms with E-state index < -0.39 is 10.0 Å². The molecule has 2 heterocycles. The second-order valence-corrected chi connectivity index (χ2v) is 9.41. The molecule has 0 aliphatic carbocycles. The second-order valence-electron chi connectivity index (χ2n) is 7.54. The van der Waals surface area contributed by atoms with Crippen molar-refractivity contribution in [2.45, 2.75) is 31.6 Å². The smallest absolute Gasteiger partial charge is 0.272 e. The van der Waals surface area contributed by atoms with Crippen LogP contribution in [0, 0.1) is 6.92 Å². The SMILES string of the molecule is CCc1cccc(C)c1NC(=O)c1cc(S(=O)(=O)N2CCc3ccccc32)cn1C. The van der Waals surface area contributed by atoms with Crippen molar-refractivity contribution in [3.05, 3.63) is 77.1 Å². The number of aromatic nitrogens is 1. The molecule has 6 nitrogen and oxygen atoms in total. The van der Waals surface area contributed by atoms with E-state index in [1.54, 1.807) is 11.6 Å². The summed E-state index contributed by atoms with van der Waals surface area (Å²) in [6, 6.07) is 14.9. The maximum atomic E-state index is 13.3. The van der Waals surface area contributed by atoms with Gasteiger partial charge in [0, 0.05) is 25.5 Å². The Morgan fingerprint density at radius 1 is 1.13 bits per heavy atom. The Hall–Kier alpha value is -3.06. The van der Waals surface area contributed by atoms with Crippen molar-refractivity contribution in [1.29, 1.82) is 0 Å². The number of anilines is 2. The summed E-state index contributed by atoms with van der Waals surface area (Å²) < 4.78 is 29.5. The summed E-state index contributed by atoms with van der Waals surface area (Å²) in [7, 11) is -2.06. The summed E-state index contributed by atoms with van der Waals surface area (Å²) in [5.41, 5.74) is 4.81. The van der Waals surface area contributed by atoms with Crippen LogP contribution in [0.15, 0.2) is 59.6 Å². The van der Waals surface area contributed by atoms with Gasteiger partial charge in [-0.2, -0.15) is 0 Å². The molecule has 30 heavy (non-hydrogen) atoms. The number of carbonyl (C=O) groups is 1. The van der Waals surface area contributed by atoms with Crippen LogP contribution in [-0.2, 0) is 29.9 Å². The van der Waals surface area contributed by atoms with E-state index in [-0.39, 0.29) is 10.8 Å². The van der Waals surface area contributed by atoms with E-state index in [0.29, 0.717) is 24.3 Å². The van der Waals surface area contributed by atoms with Gasteiger partial charge in [0.25, 0.3) is 15.9 Å². The number of carbonyl (C=O) groups excluding carboxylic acids is 1. The molecule has 4 rings (SSSR count). The van der Waals surface area contributed by atoms with Gasteiger partial charge in [0.05, 0.1) is 5.69 Å². The summed E-state index contributed by atoms with van der Waals surface area (Å²) in [6.45, 7) is 4.38. The summed E-state index contributed by atoms with van der Waals surface area (Å²) >= 11 is 0. The first-order valence-corrected chi connectivity index (χ1v) is 11.4. The zero-order valence-electron chi connectivity index (χ0n) is 17.3. The van der Waals surface area contributed by atoms with Gasteiger partial charge >= 0.3 is 0 Å². The lowest BCUT2D eigenvalue weighted by Gasteiger charge is -2.18. The number of nitrogens with zero attached hydrogens (tertiary/aromatic N) is 2. The van der Waals surface area contributed by atoms with Crippen LogP contribution in [0.2, 0.25) is 0 Å². The Labute approximate surface area is 177 Å². The highest BCUT2D eigenvalue weighted by molar-refractivity contribution is 7.92. The van der Waals surface area contributed by atoms with E-state index in [2.05, 4.69) is 5.32 Å². The van der Waals surface area contributed by atoms with Gasteiger partial charge in [0.15, 0.2) is 0 Å². The predicted molar refractivity (Wildman–Crippen MR) is 119 cm³/mol. The summed E-state index contributed by atoms with van der Waals surface area (Å²) in [5.74, 6) is -0.329. The fourth-order valence-electron chi connectivity index (χ4n) is 3.97. The van der Waals surface area contributed by atoms with E-state index in [0.717, 1.165) is 28.8 Å². The number of para-hydroxylation sites is 2. The molecule has 1 aliphatic rings. The zero-order valence-corrected chi connectivity index (χ0v) is 18.2. The van der Waals surface area contributed by atoms with Gasteiger partial charge < -0.3 is 9.88 Å². The van der Waals surface area contributed by atoms with Crippen LogP contribution in [0.1, 0.15) is 34.1 Å². The maximum Gasteiger partial charge on any atom is 0.272 e. The van der Waals surface area contributed by atoms with Gasteiger partial charge in [0.1, 0.15) is 10.6 Å². The van der Waals surface area contributed by atoms with Gasteiger partial charge in [-0.1, -0.05) is 43.3 Å². The van der Waals surface area contributed by atoms with Crippen LogP contribution in [0.4, 0.5) is 11.4 Å². The van der Waals surface area contributed by atoms with Crippen LogP contribution >= 0.6 is 0 Å². The highest BCUT2D eigenvalue weighted by atomic mass is 32.2. The Morgan fingerprint density at radius 2 is 1.90 bits per heavy atom. The summed E-state index contributed by atoms with van der Waals surface area (Å²) in [5, 5.41) is 2.97. The van der Waals surface area contributed by atoms with Crippen LogP contribution in [0.25, 0.3) is 0 Å². The van der Waals surface area contributed by atoms with E-state index >= 15 is 0 Å². The Bertz CT molecular complexity index is 1230. The van der Waals surface area contributed by atoms with Crippen LogP contribution in [-0.4, -0.2) is 25.4 Å². The van der Waals surface area contributed by atoms with E-state index in [1.165, 1.54) is 16.6 Å². The van der Waals surface area contributed by atoms with Gasteiger partial charge in [0.2, 0.25) is 0 Å². The molecule has 0 radical (unpaired) electrons. The molecule has 1 N–H and O–H groups in total. The number of sulfonamides is 1. The fraction of sp³-hybridized carbons (Fsp3) is 0.261. The van der Waals surface area contributed by atoms with E-state index in [1.807, 2.05) is 56.3 Å². The van der Waals surface area contributed by atoms with E-state index in [4.69, 9.17) is 0 Å². The number of aryl methyl sites for hydroxylation is 3. The lowest BCUT2D eigenvalue weighted by atomic mass is 10.1. The first kappa shape index (κ1) is 20.2. The average molecular weight is 424 g/mol. The molecule has 7 heteroatoms. The van der Waals surface area contributed by atoms with Gasteiger partial charge in [-0.3, -0.25) is 9.10 Å². The topological polar surface area (TPSA) is 71.4 Å². The molecule has 0 unspecified atom stereocenters. The van der Waals surface area contributed by atoms with Crippen LogP contribution in [0.5, 0.6) is 0 Å². The molecule has 0 spiro atoms. The van der Waals surface area contributed by atoms with Gasteiger partial charge in [-0.25, -0.2) is 8.42 Å². The third-order valence-corrected chi connectivity index (χ3v) is 7.40. The molecule has 0 saturated carbocycles. The van der Waals surface area contributed by atoms with Gasteiger partial charge in [-0.15, -0.1) is 0 Å². The fourth-order valence-corrected chi connectivity index (χ4v) is 5.54. The minimum atomic E-state index is -3.75. The first-order valence-electron chi connectivity index (χ1n) is 9.99. The maximum absolute atomic E-state index is 13.3. The van der Waals surface area contributed by atoms with Crippen molar-refractivity contribution < 1.29 is 13.2 Å². The molecular formula is C23H25N3O3S. The number of hydrogen-bond acceptors (Lipinski definition) is 3. The molecule has 0 saturated heterocycles. The van der Waals surface area contributed by atoms with Crippen molar-refractivity contribution >= 4 is 27.3 Å². The molecule has 1 amide bonds. The van der Waals surface area contributed by atoms with E-state index in [9.17, 15) is 13.2 Å². The average Bonchev–Trinajstić information content (AvgIpc) is 3.34. The number of hydrogen-bond donors (Lipinski definition) is 1. The minimum Gasteiger partial charge on any atom is -0.345 e. The zero-order chi connectivity index (χ0) is 21.5. The van der Waals surface area contributed by atoms with Crippen molar-refractivity contribution in [3.8, 4) is 0 Å². The monoisotopic (exact) mass is 423 g/mol. The molecular weight excluding hydrogens is 398 g/mol. The number of benzene rings is 2. The molecule has 1 aromatic heterocycles. The first-order chi connectivity index (χ1) is 14.3. The minimum absolute atomic E-state index is 0.118. The third kappa shape index (κ3) is 3.39. The largest absolute Gasteiger partial charge is 0.345 e. The van der Waals surface area contributed by atoms with Crippen LogP contribution in [0.3, 0.4) is 0 Å². The molecule has 3 aromatic rings. The third-order valence-electron chi connectivity index (χ3n) is 5.62. The quantitative estimate of drug-likeness (QED) is 0.677. The molecule has 0 bridgehead atoms. The lowest BCUT2D eigenvalue weighted by molar-refractivity contribution is 0.101. The normalized spacial score (nSPS) is 13.4. The summed E-state index contributed by atoms with van der Waals surface area (Å²) in [6.07, 6.45) is 2.98. The Balaban J connectivity index is 1.65. The molecule has 0 atom stereocenters. The number of rotatable bonds is 5. The standard InChI is InChI=1S/C23H25N3O3S/c1-4-17-10-7-8-16(2)22(17)24-23(27)21-14-19(15-25(21)3)30(28,29)26-13-12-18-9-5-6-11-20(18)26/h5-11,14-15H,4,12-13H2,1-3H3,(H,24,27). The Kier molecular flexibility index (Phi) is 5.15.